The summed E-state index contributed by atoms with van der Waals surface area (Å²) in [4.78, 5) is 15.3. The molecule has 1 saturated carbocycles. The molecule has 4 fully saturated rings. The average Bonchev–Trinajstić information content (AvgIpc) is 2.96. The summed E-state index contributed by atoms with van der Waals surface area (Å²) in [6, 6.07) is 4.79. The van der Waals surface area contributed by atoms with Gasteiger partial charge in [0, 0.05) is 31.6 Å². The molecule has 5 rings (SSSR count). The monoisotopic (exact) mass is 507 g/mol. The molecule has 2 amide bonds. The first-order chi connectivity index (χ1) is 15.2. The van der Waals surface area contributed by atoms with Gasteiger partial charge in [0.1, 0.15) is 0 Å². The number of urea groups is 1. The van der Waals surface area contributed by atoms with Crippen molar-refractivity contribution in [3.63, 3.8) is 0 Å². The van der Waals surface area contributed by atoms with E-state index >= 15 is 0 Å². The van der Waals surface area contributed by atoms with Crippen molar-refractivity contribution in [3.8, 4) is 0 Å². The van der Waals surface area contributed by atoms with Gasteiger partial charge in [0.15, 0.2) is 0 Å². The molecule has 1 N–H and O–H groups in total. The van der Waals surface area contributed by atoms with Crippen LogP contribution in [0.4, 0.5) is 18.0 Å². The van der Waals surface area contributed by atoms with Gasteiger partial charge in [0.25, 0.3) is 9.84 Å². The van der Waals surface area contributed by atoms with E-state index in [4.69, 9.17) is 0 Å². The zero-order chi connectivity index (χ0) is 23.9. The first kappa shape index (κ1) is 22.9. The minimum Gasteiger partial charge on any atom is -0.323 e. The number of benzene rings is 1. The summed E-state index contributed by atoms with van der Waals surface area (Å²) in [6.45, 7) is 2.11. The summed E-state index contributed by atoms with van der Waals surface area (Å²) in [5.41, 5.74) is -4.94. The lowest BCUT2D eigenvalue weighted by Gasteiger charge is -2.61. The fourth-order valence-corrected chi connectivity index (χ4v) is 8.16. The summed E-state index contributed by atoms with van der Waals surface area (Å²) < 4.78 is 86.8. The number of hydrogen-bond acceptors (Lipinski definition) is 5. The lowest BCUT2D eigenvalue weighted by Crippen LogP contribution is -2.73. The molecule has 182 valence electrons. The molecule has 8 nitrogen and oxygen atoms in total. The van der Waals surface area contributed by atoms with E-state index in [9.17, 15) is 34.8 Å². The third-order valence-electron chi connectivity index (χ3n) is 7.31. The number of sulfonamides is 1. The molecule has 0 bridgehead atoms. The molecule has 2 spiro atoms. The van der Waals surface area contributed by atoms with Crippen LogP contribution in [0, 0.1) is 11.3 Å². The molecule has 3 heterocycles. The van der Waals surface area contributed by atoms with Crippen LogP contribution in [0.3, 0.4) is 0 Å². The normalized spacial score (nSPS) is 25.5. The van der Waals surface area contributed by atoms with Gasteiger partial charge in [0.2, 0.25) is 10.0 Å². The van der Waals surface area contributed by atoms with Crippen molar-refractivity contribution < 1.29 is 34.8 Å². The van der Waals surface area contributed by atoms with Crippen LogP contribution < -0.4 is 4.72 Å². The van der Waals surface area contributed by atoms with Crippen molar-refractivity contribution in [2.24, 2.45) is 11.3 Å². The Kier molecular flexibility index (Phi) is 4.91. The van der Waals surface area contributed by atoms with Crippen LogP contribution in [0.1, 0.15) is 24.8 Å². The summed E-state index contributed by atoms with van der Waals surface area (Å²) in [7, 11) is -8.55. The van der Waals surface area contributed by atoms with E-state index in [-0.39, 0.29) is 17.2 Å². The van der Waals surface area contributed by atoms with E-state index in [1.165, 1.54) is 12.1 Å². The minimum atomic E-state index is -5.33. The number of carbonyl (C=O) groups excluding carboxylic acids is 1. The van der Waals surface area contributed by atoms with Crippen molar-refractivity contribution in [2.45, 2.75) is 41.6 Å². The molecule has 4 aliphatic rings. The molecular formula is C20H24F3N3O5S2. The van der Waals surface area contributed by atoms with Crippen LogP contribution >= 0.6 is 0 Å². The molecule has 1 aliphatic carbocycles. The maximum absolute atomic E-state index is 12.7. The summed E-state index contributed by atoms with van der Waals surface area (Å²) in [5.74, 6) is 0.442. The quantitative estimate of drug-likeness (QED) is 0.671. The second-order valence-corrected chi connectivity index (χ2v) is 13.8. The smallest absolute Gasteiger partial charge is 0.323 e. The first-order valence-corrected chi connectivity index (χ1v) is 13.8. The number of hydrogen-bond donors (Lipinski definition) is 1. The Morgan fingerprint density at radius 3 is 2.15 bits per heavy atom. The van der Waals surface area contributed by atoms with E-state index in [1.807, 2.05) is 0 Å². The average molecular weight is 508 g/mol. The predicted octanol–water partition coefficient (Wildman–Crippen LogP) is 1.73. The van der Waals surface area contributed by atoms with Gasteiger partial charge in [0.05, 0.1) is 16.2 Å². The fourth-order valence-electron chi connectivity index (χ4n) is 5.74. The maximum Gasteiger partial charge on any atom is 0.501 e. The van der Waals surface area contributed by atoms with Crippen molar-refractivity contribution >= 4 is 25.9 Å². The Morgan fingerprint density at radius 2 is 1.64 bits per heavy atom. The van der Waals surface area contributed by atoms with E-state index < -0.39 is 35.8 Å². The number of sulfone groups is 1. The Morgan fingerprint density at radius 1 is 1.06 bits per heavy atom. The van der Waals surface area contributed by atoms with Crippen molar-refractivity contribution in [3.05, 3.63) is 29.8 Å². The third kappa shape index (κ3) is 3.91. The lowest BCUT2D eigenvalue weighted by molar-refractivity contribution is -0.0822. The van der Waals surface area contributed by atoms with Gasteiger partial charge >= 0.3 is 11.5 Å². The molecule has 0 atom stereocenters. The number of rotatable bonds is 3. The van der Waals surface area contributed by atoms with Crippen molar-refractivity contribution in [2.75, 3.05) is 31.9 Å². The fraction of sp³-hybridized carbons (Fsp3) is 0.650. The van der Waals surface area contributed by atoms with Gasteiger partial charge in [-0.15, -0.1) is 0 Å². The highest BCUT2D eigenvalue weighted by Gasteiger charge is 2.57. The van der Waals surface area contributed by atoms with Crippen LogP contribution in [0.2, 0.25) is 0 Å². The first-order valence-electron chi connectivity index (χ1n) is 10.7. The summed E-state index contributed by atoms with van der Waals surface area (Å²) in [5, 5.41) is 0. The molecule has 0 radical (unpaired) electrons. The highest BCUT2D eigenvalue weighted by Crippen LogP contribution is 2.53. The number of nitrogens with one attached hydrogen (secondary N) is 1. The highest BCUT2D eigenvalue weighted by atomic mass is 32.2. The molecule has 0 unspecified atom stereocenters. The zero-order valence-electron chi connectivity index (χ0n) is 17.6. The van der Waals surface area contributed by atoms with Crippen LogP contribution in [-0.4, -0.2) is 75.6 Å². The Balaban J connectivity index is 1.08. The second kappa shape index (κ2) is 7.08. The maximum atomic E-state index is 12.7. The number of carbonyl (C=O) groups is 1. The highest BCUT2D eigenvalue weighted by molar-refractivity contribution is 7.92. The van der Waals surface area contributed by atoms with E-state index in [1.54, 1.807) is 9.80 Å². The van der Waals surface area contributed by atoms with Crippen molar-refractivity contribution in [1.29, 1.82) is 0 Å². The zero-order valence-corrected chi connectivity index (χ0v) is 19.3. The van der Waals surface area contributed by atoms with Gasteiger partial charge in [-0.1, -0.05) is 12.1 Å². The standard InChI is InChI=1S/C20H24F3N3O5S2/c21-20(22,23)33(30,31)16-3-1-14(2-4-16)7-15-8-18(9-15)10-25(11-18)17(27)26-12-19(13-26)5-6-32(28,29)24-19/h1-4,15,24H,5-13H2. The lowest BCUT2D eigenvalue weighted by atomic mass is 9.56. The molecule has 1 aromatic carbocycles. The van der Waals surface area contributed by atoms with Crippen LogP contribution in [0.25, 0.3) is 0 Å². The number of alkyl halides is 3. The Labute approximate surface area is 190 Å². The number of halogens is 3. The van der Waals surface area contributed by atoms with Crippen molar-refractivity contribution in [1.82, 2.24) is 14.5 Å². The van der Waals surface area contributed by atoms with E-state index in [0.717, 1.165) is 30.5 Å². The Bertz CT molecular complexity index is 1180. The molecular weight excluding hydrogens is 483 g/mol. The van der Waals surface area contributed by atoms with Gasteiger partial charge in [-0.3, -0.25) is 0 Å². The number of amides is 2. The molecule has 33 heavy (non-hydrogen) atoms. The Hall–Kier alpha value is -1.86. The molecule has 1 aromatic rings. The minimum absolute atomic E-state index is 0.0674. The van der Waals surface area contributed by atoms with Gasteiger partial charge in [-0.25, -0.2) is 26.4 Å². The SMILES string of the molecule is O=C(N1CC2(CC(Cc3ccc(S(=O)(=O)C(F)(F)F)cc3)C2)C1)N1CC2(CCS(=O)(=O)N2)C1. The molecule has 0 aromatic heterocycles. The second-order valence-electron chi connectivity index (χ2n) is 10.0. The molecule has 3 aliphatic heterocycles. The van der Waals surface area contributed by atoms with E-state index in [2.05, 4.69) is 4.72 Å². The molecule has 13 heteroatoms. The number of likely N-dealkylation sites (tertiary alicyclic amines) is 2. The topological polar surface area (TPSA) is 104 Å². The number of nitrogens with zero attached hydrogens (tertiary/aromatic N) is 2. The van der Waals surface area contributed by atoms with Crippen LogP contribution in [0.15, 0.2) is 29.2 Å². The largest absolute Gasteiger partial charge is 0.501 e. The predicted molar refractivity (Wildman–Crippen MR) is 111 cm³/mol. The van der Waals surface area contributed by atoms with Gasteiger partial charge in [-0.05, 0) is 49.3 Å². The summed E-state index contributed by atoms with van der Waals surface area (Å²) in [6.07, 6.45) is 2.98. The third-order valence-corrected chi connectivity index (χ3v) is 10.3. The van der Waals surface area contributed by atoms with Gasteiger partial charge < -0.3 is 9.80 Å². The summed E-state index contributed by atoms with van der Waals surface area (Å²) >= 11 is 0. The van der Waals surface area contributed by atoms with E-state index in [0.29, 0.717) is 44.9 Å². The van der Waals surface area contributed by atoms with Gasteiger partial charge in [-0.2, -0.15) is 13.2 Å². The van der Waals surface area contributed by atoms with Crippen LogP contribution in [-0.2, 0) is 26.3 Å². The molecule has 3 saturated heterocycles. The van der Waals surface area contributed by atoms with Crippen LogP contribution in [0.5, 0.6) is 0 Å².